The fourth-order valence-corrected chi connectivity index (χ4v) is 2.06. The number of hydrogen-bond acceptors (Lipinski definition) is 3. The zero-order chi connectivity index (χ0) is 13.9. The van der Waals surface area contributed by atoms with Crippen molar-refractivity contribution < 1.29 is 10.2 Å². The molecule has 98 valence electrons. The van der Waals surface area contributed by atoms with Crippen LogP contribution in [0, 0.1) is 0 Å². The molecular formula is C17H13NO2. The highest BCUT2D eigenvalue weighted by Gasteiger charge is 2.03. The van der Waals surface area contributed by atoms with Crippen molar-refractivity contribution in [3.8, 4) is 11.5 Å². The Morgan fingerprint density at radius 3 is 2.35 bits per heavy atom. The number of aromatic hydroxyl groups is 2. The van der Waals surface area contributed by atoms with E-state index in [2.05, 4.69) is 4.99 Å². The van der Waals surface area contributed by atoms with Gasteiger partial charge >= 0.3 is 0 Å². The molecule has 3 nitrogen and oxygen atoms in total. The number of rotatable bonds is 2. The van der Waals surface area contributed by atoms with E-state index in [0.29, 0.717) is 5.56 Å². The number of phenols is 2. The summed E-state index contributed by atoms with van der Waals surface area (Å²) in [6, 6.07) is 18.0. The van der Waals surface area contributed by atoms with Gasteiger partial charge in [-0.2, -0.15) is 0 Å². The van der Waals surface area contributed by atoms with Crippen LogP contribution in [0.25, 0.3) is 10.8 Å². The van der Waals surface area contributed by atoms with E-state index in [0.717, 1.165) is 16.5 Å². The Morgan fingerprint density at radius 2 is 1.55 bits per heavy atom. The molecule has 0 spiro atoms. The summed E-state index contributed by atoms with van der Waals surface area (Å²) in [6.07, 6.45) is 1.62. The van der Waals surface area contributed by atoms with Gasteiger partial charge in [0.2, 0.25) is 0 Å². The smallest absolute Gasteiger partial charge is 0.132 e. The van der Waals surface area contributed by atoms with Gasteiger partial charge in [0, 0.05) is 17.2 Å². The number of nitrogens with zero attached hydrogens (tertiary/aromatic N) is 1. The van der Waals surface area contributed by atoms with Gasteiger partial charge in [-0.1, -0.05) is 30.3 Å². The van der Waals surface area contributed by atoms with Crippen molar-refractivity contribution in [2.24, 2.45) is 4.99 Å². The predicted molar refractivity (Wildman–Crippen MR) is 81.0 cm³/mol. The molecule has 3 aromatic carbocycles. The molecule has 0 saturated heterocycles. The van der Waals surface area contributed by atoms with Crippen LogP contribution in [0.4, 0.5) is 5.69 Å². The summed E-state index contributed by atoms with van der Waals surface area (Å²) in [5.74, 6) is 0.433. The number of fused-ring (bicyclic) bond motifs is 1. The van der Waals surface area contributed by atoms with Crippen LogP contribution in [0.3, 0.4) is 0 Å². The van der Waals surface area contributed by atoms with Crippen molar-refractivity contribution in [3.63, 3.8) is 0 Å². The van der Waals surface area contributed by atoms with Crippen LogP contribution in [0.5, 0.6) is 11.5 Å². The lowest BCUT2D eigenvalue weighted by Crippen LogP contribution is -1.84. The van der Waals surface area contributed by atoms with E-state index in [1.807, 2.05) is 36.4 Å². The van der Waals surface area contributed by atoms with Gasteiger partial charge in [-0.3, -0.25) is 4.99 Å². The number of phenolic OH excluding ortho intramolecular Hbond substituents is 2. The van der Waals surface area contributed by atoms with Crippen LogP contribution < -0.4 is 0 Å². The minimum atomic E-state index is 0.206. The van der Waals surface area contributed by atoms with Crippen molar-refractivity contribution in [1.29, 1.82) is 0 Å². The molecule has 2 N–H and O–H groups in total. The van der Waals surface area contributed by atoms with Crippen molar-refractivity contribution in [1.82, 2.24) is 0 Å². The van der Waals surface area contributed by atoms with E-state index in [9.17, 15) is 10.2 Å². The van der Waals surface area contributed by atoms with Crippen molar-refractivity contribution in [3.05, 3.63) is 66.2 Å². The maximum atomic E-state index is 10.2. The molecule has 0 radical (unpaired) electrons. The lowest BCUT2D eigenvalue weighted by atomic mass is 10.1. The van der Waals surface area contributed by atoms with Crippen LogP contribution in [0.15, 0.2) is 65.7 Å². The highest BCUT2D eigenvalue weighted by molar-refractivity contribution is 5.97. The van der Waals surface area contributed by atoms with Crippen LogP contribution >= 0.6 is 0 Å². The van der Waals surface area contributed by atoms with Gasteiger partial charge in [-0.05, 0) is 35.7 Å². The normalized spacial score (nSPS) is 11.2. The van der Waals surface area contributed by atoms with Gasteiger partial charge in [0.05, 0.1) is 5.69 Å². The lowest BCUT2D eigenvalue weighted by molar-refractivity contribution is 0.475. The fourth-order valence-electron chi connectivity index (χ4n) is 2.06. The second kappa shape index (κ2) is 5.05. The standard InChI is InChI=1S/C17H13NO2/c19-15-9-7-14(8-10-15)18-11-13-6-5-12-3-1-2-4-16(12)17(13)20/h1-11,19-20H. The summed E-state index contributed by atoms with van der Waals surface area (Å²) < 4.78 is 0. The van der Waals surface area contributed by atoms with Crippen molar-refractivity contribution in [2.45, 2.75) is 0 Å². The summed E-state index contributed by atoms with van der Waals surface area (Å²) in [6.45, 7) is 0. The second-order valence-electron chi connectivity index (χ2n) is 4.50. The van der Waals surface area contributed by atoms with Gasteiger partial charge in [-0.25, -0.2) is 0 Å². The third-order valence-corrected chi connectivity index (χ3v) is 3.13. The Labute approximate surface area is 116 Å². The Balaban J connectivity index is 1.98. The Hall–Kier alpha value is -2.81. The van der Waals surface area contributed by atoms with Gasteiger partial charge in [0.1, 0.15) is 11.5 Å². The zero-order valence-corrected chi connectivity index (χ0v) is 10.7. The van der Waals surface area contributed by atoms with E-state index in [-0.39, 0.29) is 11.5 Å². The molecule has 0 heterocycles. The Kier molecular flexibility index (Phi) is 3.09. The van der Waals surface area contributed by atoms with Crippen LogP contribution in [-0.4, -0.2) is 16.4 Å². The van der Waals surface area contributed by atoms with Gasteiger partial charge < -0.3 is 10.2 Å². The van der Waals surface area contributed by atoms with Crippen LogP contribution in [0.2, 0.25) is 0 Å². The second-order valence-corrected chi connectivity index (χ2v) is 4.50. The van der Waals surface area contributed by atoms with E-state index < -0.39 is 0 Å². The minimum Gasteiger partial charge on any atom is -0.508 e. The minimum absolute atomic E-state index is 0.206. The molecule has 0 bridgehead atoms. The third kappa shape index (κ3) is 2.34. The summed E-state index contributed by atoms with van der Waals surface area (Å²) in [4.78, 5) is 4.29. The Bertz CT molecular complexity index is 777. The number of aliphatic imine (C=N–C) groups is 1. The van der Waals surface area contributed by atoms with Crippen molar-refractivity contribution >= 4 is 22.7 Å². The van der Waals surface area contributed by atoms with Crippen LogP contribution in [-0.2, 0) is 0 Å². The first-order valence-corrected chi connectivity index (χ1v) is 6.28. The van der Waals surface area contributed by atoms with E-state index in [4.69, 9.17) is 0 Å². The monoisotopic (exact) mass is 263 g/mol. The molecule has 0 aromatic heterocycles. The first-order chi connectivity index (χ1) is 9.74. The van der Waals surface area contributed by atoms with E-state index in [1.165, 1.54) is 0 Å². The summed E-state index contributed by atoms with van der Waals surface area (Å²) in [5.41, 5.74) is 1.38. The SMILES string of the molecule is Oc1ccc(N=Cc2ccc3ccccc3c2O)cc1. The highest BCUT2D eigenvalue weighted by Crippen LogP contribution is 2.28. The average Bonchev–Trinajstić information content (AvgIpc) is 2.49. The van der Waals surface area contributed by atoms with Gasteiger partial charge in [-0.15, -0.1) is 0 Å². The molecule has 0 fully saturated rings. The molecule has 0 atom stereocenters. The van der Waals surface area contributed by atoms with Gasteiger partial charge in [0.25, 0.3) is 0 Å². The number of hydrogen-bond donors (Lipinski definition) is 2. The van der Waals surface area contributed by atoms with E-state index >= 15 is 0 Å². The van der Waals surface area contributed by atoms with E-state index in [1.54, 1.807) is 30.5 Å². The molecule has 0 saturated carbocycles. The van der Waals surface area contributed by atoms with Gasteiger partial charge in [0.15, 0.2) is 0 Å². The highest BCUT2D eigenvalue weighted by atomic mass is 16.3. The van der Waals surface area contributed by atoms with Crippen LogP contribution in [0.1, 0.15) is 5.56 Å². The molecule has 0 amide bonds. The third-order valence-electron chi connectivity index (χ3n) is 3.13. The molecule has 3 heteroatoms. The summed E-state index contributed by atoms with van der Waals surface area (Å²) in [5, 5.41) is 21.3. The molecule has 0 aliphatic heterocycles. The topological polar surface area (TPSA) is 52.8 Å². The quantitative estimate of drug-likeness (QED) is 0.686. The predicted octanol–water partition coefficient (Wildman–Crippen LogP) is 4.00. The molecule has 0 unspecified atom stereocenters. The van der Waals surface area contributed by atoms with Crippen molar-refractivity contribution in [2.75, 3.05) is 0 Å². The molecule has 20 heavy (non-hydrogen) atoms. The fraction of sp³-hybridized carbons (Fsp3) is 0. The molecule has 3 aromatic rings. The first-order valence-electron chi connectivity index (χ1n) is 6.28. The molecule has 0 aliphatic rings. The summed E-state index contributed by atoms with van der Waals surface area (Å²) >= 11 is 0. The number of benzene rings is 3. The maximum Gasteiger partial charge on any atom is 0.132 e. The maximum absolute atomic E-state index is 10.2. The Morgan fingerprint density at radius 1 is 0.800 bits per heavy atom. The molecular weight excluding hydrogens is 250 g/mol. The zero-order valence-electron chi connectivity index (χ0n) is 10.7. The molecule has 3 rings (SSSR count). The average molecular weight is 263 g/mol. The largest absolute Gasteiger partial charge is 0.508 e. The first kappa shape index (κ1) is 12.2. The summed E-state index contributed by atoms with van der Waals surface area (Å²) in [7, 11) is 0. The molecule has 0 aliphatic carbocycles. The lowest BCUT2D eigenvalue weighted by Gasteiger charge is -2.04.